The monoisotopic (exact) mass is 197 g/mol. The Hall–Kier alpha value is -0.0800. The minimum Gasteiger partial charge on any atom is -0.396 e. The van der Waals surface area contributed by atoms with Crippen molar-refractivity contribution in [1.82, 2.24) is 5.32 Å². The summed E-state index contributed by atoms with van der Waals surface area (Å²) in [7, 11) is 0. The first-order chi connectivity index (χ1) is 6.74. The van der Waals surface area contributed by atoms with E-state index < -0.39 is 0 Å². The van der Waals surface area contributed by atoms with E-state index in [2.05, 4.69) is 12.2 Å². The minimum absolute atomic E-state index is 0.278. The molecule has 2 atom stereocenters. The Bertz CT molecular complexity index is 189. The van der Waals surface area contributed by atoms with Gasteiger partial charge in [-0.25, -0.2) is 0 Å². The number of hydrogen-bond acceptors (Lipinski definition) is 2. The second kappa shape index (κ2) is 4.19. The molecule has 0 heterocycles. The van der Waals surface area contributed by atoms with E-state index in [1.165, 1.54) is 38.5 Å². The molecule has 0 saturated heterocycles. The highest BCUT2D eigenvalue weighted by Crippen LogP contribution is 2.44. The van der Waals surface area contributed by atoms with E-state index in [4.69, 9.17) is 0 Å². The van der Waals surface area contributed by atoms with E-state index in [-0.39, 0.29) is 5.41 Å². The van der Waals surface area contributed by atoms with E-state index in [9.17, 15) is 5.11 Å². The van der Waals surface area contributed by atoms with Gasteiger partial charge in [0.05, 0.1) is 0 Å². The zero-order valence-electron chi connectivity index (χ0n) is 9.26. The second-order valence-corrected chi connectivity index (χ2v) is 5.51. The summed E-state index contributed by atoms with van der Waals surface area (Å²) in [5.74, 6) is 0.894. The van der Waals surface area contributed by atoms with Gasteiger partial charge in [-0.3, -0.25) is 0 Å². The number of nitrogens with one attached hydrogen (secondary N) is 1. The summed E-state index contributed by atoms with van der Waals surface area (Å²) >= 11 is 0. The fraction of sp³-hybridized carbons (Fsp3) is 1.00. The van der Waals surface area contributed by atoms with Gasteiger partial charge in [0, 0.05) is 24.6 Å². The van der Waals surface area contributed by atoms with Crippen LogP contribution in [0.2, 0.25) is 0 Å². The zero-order chi connectivity index (χ0) is 10.0. The maximum absolute atomic E-state index is 9.20. The Labute approximate surface area is 87.1 Å². The highest BCUT2D eigenvalue weighted by atomic mass is 16.3. The SMILES string of the molecule is CC1CCCC(NCC2(CO)CC2)C1. The summed E-state index contributed by atoms with van der Waals surface area (Å²) in [5, 5.41) is 12.8. The summed E-state index contributed by atoms with van der Waals surface area (Å²) in [6, 6.07) is 0.725. The highest BCUT2D eigenvalue weighted by molar-refractivity contribution is 4.95. The summed E-state index contributed by atoms with van der Waals surface area (Å²) in [6.07, 6.45) is 7.90. The lowest BCUT2D eigenvalue weighted by atomic mass is 9.87. The Morgan fingerprint density at radius 1 is 1.36 bits per heavy atom. The van der Waals surface area contributed by atoms with Crippen LogP contribution in [0.1, 0.15) is 45.4 Å². The quantitative estimate of drug-likeness (QED) is 0.722. The van der Waals surface area contributed by atoms with Crippen LogP contribution in [0.3, 0.4) is 0 Å². The minimum atomic E-state index is 0.278. The van der Waals surface area contributed by atoms with Gasteiger partial charge >= 0.3 is 0 Å². The third kappa shape index (κ3) is 2.48. The van der Waals surface area contributed by atoms with Crippen molar-refractivity contribution < 1.29 is 5.11 Å². The predicted molar refractivity (Wildman–Crippen MR) is 58.2 cm³/mol. The molecule has 0 amide bonds. The largest absolute Gasteiger partial charge is 0.396 e. The molecule has 2 aliphatic carbocycles. The average molecular weight is 197 g/mol. The second-order valence-electron chi connectivity index (χ2n) is 5.51. The van der Waals surface area contributed by atoms with Crippen LogP contribution in [0.15, 0.2) is 0 Å². The fourth-order valence-electron chi connectivity index (χ4n) is 2.55. The molecule has 0 radical (unpaired) electrons. The number of aliphatic hydroxyl groups excluding tert-OH is 1. The predicted octanol–water partition coefficient (Wildman–Crippen LogP) is 1.93. The van der Waals surface area contributed by atoms with E-state index in [0.29, 0.717) is 6.61 Å². The molecule has 2 aliphatic rings. The standard InChI is InChI=1S/C12H23NO/c1-10-3-2-4-11(7-10)13-8-12(9-14)5-6-12/h10-11,13-14H,2-9H2,1H3. The lowest BCUT2D eigenvalue weighted by molar-refractivity contribution is 0.195. The van der Waals surface area contributed by atoms with Gasteiger partial charge in [-0.15, -0.1) is 0 Å². The van der Waals surface area contributed by atoms with Crippen LogP contribution in [0.4, 0.5) is 0 Å². The van der Waals surface area contributed by atoms with Gasteiger partial charge in [-0.1, -0.05) is 19.8 Å². The molecule has 0 aromatic carbocycles. The summed E-state index contributed by atoms with van der Waals surface area (Å²) in [5.41, 5.74) is 0.278. The molecule has 2 N–H and O–H groups in total. The molecule has 2 rings (SSSR count). The van der Waals surface area contributed by atoms with Crippen LogP contribution in [0.25, 0.3) is 0 Å². The van der Waals surface area contributed by atoms with Gasteiger partial charge < -0.3 is 10.4 Å². The Morgan fingerprint density at radius 2 is 2.14 bits per heavy atom. The smallest absolute Gasteiger partial charge is 0.0499 e. The Kier molecular flexibility index (Phi) is 3.13. The molecule has 14 heavy (non-hydrogen) atoms. The lowest BCUT2D eigenvalue weighted by Gasteiger charge is -2.29. The van der Waals surface area contributed by atoms with Crippen LogP contribution in [0.5, 0.6) is 0 Å². The number of rotatable bonds is 4. The van der Waals surface area contributed by atoms with Crippen molar-refractivity contribution in [1.29, 1.82) is 0 Å². The van der Waals surface area contributed by atoms with E-state index in [1.807, 2.05) is 0 Å². The first-order valence-electron chi connectivity index (χ1n) is 6.08. The van der Waals surface area contributed by atoms with Crippen LogP contribution >= 0.6 is 0 Å². The topological polar surface area (TPSA) is 32.3 Å². The highest BCUT2D eigenvalue weighted by Gasteiger charge is 2.41. The molecule has 0 aromatic heterocycles. The molecule has 2 saturated carbocycles. The molecule has 2 fully saturated rings. The Morgan fingerprint density at radius 3 is 2.71 bits per heavy atom. The van der Waals surface area contributed by atoms with E-state index in [1.54, 1.807) is 0 Å². The molecule has 2 unspecified atom stereocenters. The van der Waals surface area contributed by atoms with Crippen molar-refractivity contribution in [2.75, 3.05) is 13.2 Å². The van der Waals surface area contributed by atoms with Gasteiger partial charge in [-0.05, 0) is 31.6 Å². The third-order valence-corrected chi connectivity index (χ3v) is 3.99. The first kappa shape index (κ1) is 10.4. The maximum atomic E-state index is 9.20. The molecular weight excluding hydrogens is 174 g/mol. The van der Waals surface area contributed by atoms with E-state index >= 15 is 0 Å². The van der Waals surface area contributed by atoms with Crippen LogP contribution in [-0.4, -0.2) is 24.3 Å². The van der Waals surface area contributed by atoms with Crippen molar-refractivity contribution in [2.24, 2.45) is 11.3 Å². The average Bonchev–Trinajstić information content (AvgIpc) is 2.96. The molecule has 0 aromatic rings. The molecule has 0 bridgehead atoms. The molecular formula is C12H23NO. The number of hydrogen-bond donors (Lipinski definition) is 2. The zero-order valence-corrected chi connectivity index (χ0v) is 9.26. The van der Waals surface area contributed by atoms with Gasteiger partial charge in [-0.2, -0.15) is 0 Å². The van der Waals surface area contributed by atoms with Crippen molar-refractivity contribution in [2.45, 2.75) is 51.5 Å². The third-order valence-electron chi connectivity index (χ3n) is 3.99. The summed E-state index contributed by atoms with van der Waals surface area (Å²) < 4.78 is 0. The molecule has 0 aliphatic heterocycles. The van der Waals surface area contributed by atoms with Crippen molar-refractivity contribution in [3.05, 3.63) is 0 Å². The van der Waals surface area contributed by atoms with Crippen molar-refractivity contribution in [3.63, 3.8) is 0 Å². The molecule has 2 nitrogen and oxygen atoms in total. The fourth-order valence-corrected chi connectivity index (χ4v) is 2.55. The van der Waals surface area contributed by atoms with Crippen LogP contribution in [0, 0.1) is 11.3 Å². The molecule has 0 spiro atoms. The van der Waals surface area contributed by atoms with Gasteiger partial charge in [0.15, 0.2) is 0 Å². The van der Waals surface area contributed by atoms with Gasteiger partial charge in [0.25, 0.3) is 0 Å². The summed E-state index contributed by atoms with van der Waals surface area (Å²) in [6.45, 7) is 3.77. The molecule has 2 heteroatoms. The molecule has 82 valence electrons. The first-order valence-corrected chi connectivity index (χ1v) is 6.08. The van der Waals surface area contributed by atoms with E-state index in [0.717, 1.165) is 18.5 Å². The lowest BCUT2D eigenvalue weighted by Crippen LogP contribution is -2.38. The number of aliphatic hydroxyl groups is 1. The normalized spacial score (nSPS) is 35.6. The van der Waals surface area contributed by atoms with Gasteiger partial charge in [0.1, 0.15) is 0 Å². The maximum Gasteiger partial charge on any atom is 0.0499 e. The van der Waals surface area contributed by atoms with Gasteiger partial charge in [0.2, 0.25) is 0 Å². The van der Waals surface area contributed by atoms with Crippen LogP contribution < -0.4 is 5.32 Å². The van der Waals surface area contributed by atoms with Crippen molar-refractivity contribution in [3.8, 4) is 0 Å². The Balaban J connectivity index is 1.69. The van der Waals surface area contributed by atoms with Crippen LogP contribution in [-0.2, 0) is 0 Å². The van der Waals surface area contributed by atoms with Crippen molar-refractivity contribution >= 4 is 0 Å². The summed E-state index contributed by atoms with van der Waals surface area (Å²) in [4.78, 5) is 0.